The second-order valence-electron chi connectivity index (χ2n) is 4.61. The second kappa shape index (κ2) is 5.71. The Bertz CT molecular complexity index is 442. The molecule has 2 N–H and O–H groups in total. The molecule has 0 amide bonds. The molecule has 0 saturated carbocycles. The van der Waals surface area contributed by atoms with Crippen LogP contribution in [0.1, 0.15) is 40.6 Å². The summed E-state index contributed by atoms with van der Waals surface area (Å²) in [5.74, 6) is -0.299. The van der Waals surface area contributed by atoms with Crippen LogP contribution in [0.3, 0.4) is 0 Å². The minimum absolute atomic E-state index is 0.299. The van der Waals surface area contributed by atoms with Crippen molar-refractivity contribution in [2.24, 2.45) is 0 Å². The average molecular weight is 268 g/mol. The number of anilines is 1. The number of rotatable bonds is 4. The lowest BCUT2D eigenvalue weighted by atomic mass is 10.0. The molecule has 0 radical (unpaired) electrons. The molecule has 0 unspecified atom stereocenters. The first-order valence-electron chi connectivity index (χ1n) is 6.38. The van der Waals surface area contributed by atoms with Crippen LogP contribution in [0.15, 0.2) is 0 Å². The predicted octanol–water partition coefficient (Wildman–Crippen LogP) is 2.28. The number of nitrogens with two attached hydrogens (primary N) is 1. The van der Waals surface area contributed by atoms with E-state index in [1.807, 2.05) is 0 Å². The summed E-state index contributed by atoms with van der Waals surface area (Å²) in [6, 6.07) is 0. The maximum atomic E-state index is 11.7. The molecule has 0 saturated heterocycles. The van der Waals surface area contributed by atoms with Crippen molar-refractivity contribution in [1.82, 2.24) is 4.90 Å². The fourth-order valence-electron chi connectivity index (χ4n) is 2.38. The number of carbonyl (C=O) groups excluding carboxylic acids is 1. The van der Waals surface area contributed by atoms with E-state index in [0.717, 1.165) is 31.6 Å². The Kier molecular flexibility index (Phi) is 4.24. The number of nitrogen functional groups attached to an aromatic ring is 1. The zero-order chi connectivity index (χ0) is 13.1. The third kappa shape index (κ3) is 2.52. The first kappa shape index (κ1) is 13.4. The van der Waals surface area contributed by atoms with Crippen molar-refractivity contribution in [3.05, 3.63) is 16.0 Å². The summed E-state index contributed by atoms with van der Waals surface area (Å²) in [5.41, 5.74) is 7.66. The second-order valence-corrected chi connectivity index (χ2v) is 5.75. The highest BCUT2D eigenvalue weighted by Gasteiger charge is 2.27. The summed E-state index contributed by atoms with van der Waals surface area (Å²) < 4.78 is 4.81. The Morgan fingerprint density at radius 1 is 1.56 bits per heavy atom. The van der Waals surface area contributed by atoms with Gasteiger partial charge in [-0.3, -0.25) is 4.90 Å². The Morgan fingerprint density at radius 2 is 2.33 bits per heavy atom. The van der Waals surface area contributed by atoms with Gasteiger partial charge >= 0.3 is 5.97 Å². The molecular weight excluding hydrogens is 248 g/mol. The van der Waals surface area contributed by atoms with Gasteiger partial charge in [0.2, 0.25) is 0 Å². The number of hydrogen-bond donors (Lipinski definition) is 1. The van der Waals surface area contributed by atoms with E-state index in [1.165, 1.54) is 36.2 Å². The van der Waals surface area contributed by atoms with E-state index in [9.17, 15) is 4.79 Å². The van der Waals surface area contributed by atoms with E-state index < -0.39 is 0 Å². The van der Waals surface area contributed by atoms with Crippen LogP contribution in [0.4, 0.5) is 5.00 Å². The molecule has 0 fully saturated rings. The van der Waals surface area contributed by atoms with E-state index in [0.29, 0.717) is 10.6 Å². The first-order chi connectivity index (χ1) is 8.67. The SMILES string of the molecule is CCCCN1CCc2c(sc(N)c2C(=O)OC)C1. The van der Waals surface area contributed by atoms with Gasteiger partial charge in [-0.1, -0.05) is 13.3 Å². The van der Waals surface area contributed by atoms with Gasteiger partial charge in [-0.2, -0.15) is 0 Å². The molecule has 2 rings (SSSR count). The predicted molar refractivity (Wildman–Crippen MR) is 74.0 cm³/mol. The van der Waals surface area contributed by atoms with Crippen LogP contribution in [0, 0.1) is 0 Å². The van der Waals surface area contributed by atoms with E-state index in [1.54, 1.807) is 0 Å². The monoisotopic (exact) mass is 268 g/mol. The van der Waals surface area contributed by atoms with Crippen LogP contribution in [-0.4, -0.2) is 31.1 Å². The molecule has 2 heterocycles. The zero-order valence-corrected chi connectivity index (χ0v) is 11.8. The number of thiophene rings is 1. The molecule has 1 aromatic rings. The highest BCUT2D eigenvalue weighted by Crippen LogP contribution is 2.35. The van der Waals surface area contributed by atoms with Crippen LogP contribution in [-0.2, 0) is 17.7 Å². The third-order valence-corrected chi connectivity index (χ3v) is 4.43. The normalized spacial score (nSPS) is 15.4. The molecule has 1 aliphatic heterocycles. The smallest absolute Gasteiger partial charge is 0.341 e. The van der Waals surface area contributed by atoms with E-state index in [4.69, 9.17) is 10.5 Å². The maximum Gasteiger partial charge on any atom is 0.341 e. The van der Waals surface area contributed by atoms with Gasteiger partial charge in [0.25, 0.3) is 0 Å². The fraction of sp³-hybridized carbons (Fsp3) is 0.615. The molecule has 4 nitrogen and oxygen atoms in total. The molecule has 0 spiro atoms. The van der Waals surface area contributed by atoms with Crippen molar-refractivity contribution in [3.63, 3.8) is 0 Å². The summed E-state index contributed by atoms with van der Waals surface area (Å²) in [7, 11) is 1.40. The molecule has 0 bridgehead atoms. The molecule has 0 aromatic carbocycles. The number of ether oxygens (including phenoxy) is 1. The molecule has 1 aliphatic rings. The van der Waals surface area contributed by atoms with E-state index in [-0.39, 0.29) is 5.97 Å². The van der Waals surface area contributed by atoms with Gasteiger partial charge in [0.15, 0.2) is 0 Å². The number of unbranched alkanes of at least 4 members (excludes halogenated alkanes) is 1. The molecule has 1 aromatic heterocycles. The van der Waals surface area contributed by atoms with Crippen molar-refractivity contribution in [2.75, 3.05) is 25.9 Å². The number of nitrogens with zero attached hydrogens (tertiary/aromatic N) is 1. The summed E-state index contributed by atoms with van der Waals surface area (Å²) in [4.78, 5) is 15.4. The summed E-state index contributed by atoms with van der Waals surface area (Å²) >= 11 is 1.53. The Morgan fingerprint density at radius 3 is 3.00 bits per heavy atom. The van der Waals surface area contributed by atoms with E-state index >= 15 is 0 Å². The van der Waals surface area contributed by atoms with Crippen molar-refractivity contribution >= 4 is 22.3 Å². The lowest BCUT2D eigenvalue weighted by Crippen LogP contribution is -2.31. The Hall–Kier alpha value is -1.07. The van der Waals surface area contributed by atoms with Crippen molar-refractivity contribution < 1.29 is 9.53 Å². The minimum Gasteiger partial charge on any atom is -0.465 e. The summed E-state index contributed by atoms with van der Waals surface area (Å²) in [6.07, 6.45) is 3.33. The fourth-order valence-corrected chi connectivity index (χ4v) is 3.52. The Labute approximate surface area is 112 Å². The molecule has 100 valence electrons. The third-order valence-electron chi connectivity index (χ3n) is 3.38. The van der Waals surface area contributed by atoms with Crippen LogP contribution < -0.4 is 5.73 Å². The van der Waals surface area contributed by atoms with Crippen LogP contribution in [0.2, 0.25) is 0 Å². The van der Waals surface area contributed by atoms with E-state index in [2.05, 4.69) is 11.8 Å². The topological polar surface area (TPSA) is 55.6 Å². The number of carbonyl (C=O) groups is 1. The number of methoxy groups -OCH3 is 1. The highest BCUT2D eigenvalue weighted by atomic mass is 32.1. The van der Waals surface area contributed by atoms with Crippen LogP contribution >= 0.6 is 11.3 Å². The quantitative estimate of drug-likeness (QED) is 0.851. The van der Waals surface area contributed by atoms with Gasteiger partial charge in [0.05, 0.1) is 12.7 Å². The highest BCUT2D eigenvalue weighted by molar-refractivity contribution is 7.16. The lowest BCUT2D eigenvalue weighted by molar-refractivity contribution is 0.0600. The lowest BCUT2D eigenvalue weighted by Gasteiger charge is -2.26. The van der Waals surface area contributed by atoms with Crippen molar-refractivity contribution in [2.45, 2.75) is 32.7 Å². The van der Waals surface area contributed by atoms with Gasteiger partial charge in [-0.05, 0) is 24.9 Å². The Balaban J connectivity index is 2.17. The summed E-state index contributed by atoms with van der Waals surface area (Å²) in [5, 5.41) is 0.601. The maximum absolute atomic E-state index is 11.7. The zero-order valence-electron chi connectivity index (χ0n) is 11.0. The number of esters is 1. The minimum atomic E-state index is -0.299. The van der Waals surface area contributed by atoms with Crippen LogP contribution in [0.25, 0.3) is 0 Å². The van der Waals surface area contributed by atoms with Gasteiger partial charge in [-0.15, -0.1) is 11.3 Å². The molecular formula is C13H20N2O2S. The molecule has 0 aliphatic carbocycles. The summed E-state index contributed by atoms with van der Waals surface area (Å²) in [6.45, 7) is 5.25. The van der Waals surface area contributed by atoms with Gasteiger partial charge in [0, 0.05) is 18.0 Å². The van der Waals surface area contributed by atoms with Gasteiger partial charge < -0.3 is 10.5 Å². The standard InChI is InChI=1S/C13H20N2O2S/c1-3-4-6-15-7-5-9-10(8-15)18-12(14)11(9)13(16)17-2/h3-8,14H2,1-2H3. The first-order valence-corrected chi connectivity index (χ1v) is 7.19. The largest absolute Gasteiger partial charge is 0.465 e. The van der Waals surface area contributed by atoms with Crippen LogP contribution in [0.5, 0.6) is 0 Å². The average Bonchev–Trinajstić information content (AvgIpc) is 2.70. The molecule has 18 heavy (non-hydrogen) atoms. The molecule has 5 heteroatoms. The van der Waals surface area contributed by atoms with Crippen molar-refractivity contribution in [1.29, 1.82) is 0 Å². The number of fused-ring (bicyclic) bond motifs is 1. The van der Waals surface area contributed by atoms with Gasteiger partial charge in [-0.25, -0.2) is 4.79 Å². The molecule has 0 atom stereocenters. The van der Waals surface area contributed by atoms with Crippen molar-refractivity contribution in [3.8, 4) is 0 Å². The van der Waals surface area contributed by atoms with Gasteiger partial charge in [0.1, 0.15) is 5.00 Å². The number of hydrogen-bond acceptors (Lipinski definition) is 5.